The van der Waals surface area contributed by atoms with Crippen molar-refractivity contribution >= 4 is 5.91 Å². The third kappa shape index (κ3) is 3.22. The molecule has 1 fully saturated rings. The van der Waals surface area contributed by atoms with Crippen molar-refractivity contribution in [2.24, 2.45) is 0 Å². The van der Waals surface area contributed by atoms with Gasteiger partial charge in [0.25, 0.3) is 5.91 Å². The lowest BCUT2D eigenvalue weighted by molar-refractivity contribution is -0.141. The Morgan fingerprint density at radius 3 is 2.67 bits per heavy atom. The van der Waals surface area contributed by atoms with E-state index in [0.29, 0.717) is 5.82 Å². The molecule has 2 heterocycles. The number of rotatable bonds is 4. The molecule has 1 saturated carbocycles. The number of hydrogen-bond acceptors (Lipinski definition) is 5. The molecule has 0 aromatic carbocycles. The minimum Gasteiger partial charge on any atom is -0.342 e. The van der Waals surface area contributed by atoms with Crippen LogP contribution in [0.5, 0.6) is 0 Å². The van der Waals surface area contributed by atoms with Crippen molar-refractivity contribution < 1.29 is 18.0 Å². The van der Waals surface area contributed by atoms with Crippen LogP contribution in [0.2, 0.25) is 0 Å². The number of aromatic nitrogens is 5. The summed E-state index contributed by atoms with van der Waals surface area (Å²) < 4.78 is 39.6. The SMILES string of the molecule is Cc1nc(C(F)(F)F)ccc1C(=O)N[C@@H](C)c1nnnn1C1CC1. The second-order valence-corrected chi connectivity index (χ2v) is 5.74. The van der Waals surface area contributed by atoms with Crippen LogP contribution in [0.25, 0.3) is 0 Å². The first-order chi connectivity index (χ1) is 11.3. The third-order valence-electron chi connectivity index (χ3n) is 3.77. The maximum absolute atomic E-state index is 12.6. The van der Waals surface area contributed by atoms with Crippen LogP contribution in [-0.2, 0) is 6.18 Å². The number of tetrazole rings is 1. The summed E-state index contributed by atoms with van der Waals surface area (Å²) in [7, 11) is 0. The van der Waals surface area contributed by atoms with Gasteiger partial charge in [-0.15, -0.1) is 5.10 Å². The summed E-state index contributed by atoms with van der Waals surface area (Å²) in [6.07, 6.45) is -2.57. The third-order valence-corrected chi connectivity index (χ3v) is 3.77. The molecule has 2 aromatic heterocycles. The summed E-state index contributed by atoms with van der Waals surface area (Å²) in [5.41, 5.74) is -0.932. The van der Waals surface area contributed by atoms with Gasteiger partial charge >= 0.3 is 6.18 Å². The van der Waals surface area contributed by atoms with Gasteiger partial charge in [0.05, 0.1) is 23.3 Å². The summed E-state index contributed by atoms with van der Waals surface area (Å²) in [4.78, 5) is 15.8. The number of nitrogens with one attached hydrogen (secondary N) is 1. The number of alkyl halides is 3. The highest BCUT2D eigenvalue weighted by Crippen LogP contribution is 2.35. The number of aryl methyl sites for hydroxylation is 1. The molecular weight excluding hydrogens is 325 g/mol. The topological polar surface area (TPSA) is 85.6 Å². The predicted molar refractivity (Wildman–Crippen MR) is 75.9 cm³/mol. The van der Waals surface area contributed by atoms with Crippen LogP contribution in [0.3, 0.4) is 0 Å². The van der Waals surface area contributed by atoms with Crippen molar-refractivity contribution in [3.8, 4) is 0 Å². The number of amides is 1. The van der Waals surface area contributed by atoms with E-state index >= 15 is 0 Å². The van der Waals surface area contributed by atoms with Gasteiger partial charge in [0, 0.05) is 0 Å². The first-order valence-electron chi connectivity index (χ1n) is 7.41. The van der Waals surface area contributed by atoms with Gasteiger partial charge in [-0.05, 0) is 49.2 Å². The summed E-state index contributed by atoms with van der Waals surface area (Å²) in [6, 6.07) is 1.69. The fourth-order valence-electron chi connectivity index (χ4n) is 2.36. The molecule has 1 aliphatic rings. The molecule has 7 nitrogen and oxygen atoms in total. The van der Waals surface area contributed by atoms with E-state index in [4.69, 9.17) is 0 Å². The van der Waals surface area contributed by atoms with Gasteiger partial charge < -0.3 is 5.32 Å². The molecule has 0 aliphatic heterocycles. The molecule has 1 atom stereocenters. The average molecular weight is 340 g/mol. The highest BCUT2D eigenvalue weighted by Gasteiger charge is 2.33. The van der Waals surface area contributed by atoms with Gasteiger partial charge in [0.1, 0.15) is 5.69 Å². The van der Waals surface area contributed by atoms with E-state index in [1.807, 2.05) is 0 Å². The zero-order valence-corrected chi connectivity index (χ0v) is 13.0. The van der Waals surface area contributed by atoms with E-state index in [1.165, 1.54) is 6.92 Å². The number of halogens is 3. The Balaban J connectivity index is 1.76. The van der Waals surface area contributed by atoms with Crippen molar-refractivity contribution in [1.29, 1.82) is 0 Å². The molecular formula is C14H15F3N6O. The Morgan fingerprint density at radius 1 is 1.38 bits per heavy atom. The van der Waals surface area contributed by atoms with Crippen LogP contribution in [-0.4, -0.2) is 31.1 Å². The molecule has 0 radical (unpaired) electrons. The second kappa shape index (κ2) is 5.84. The molecule has 128 valence electrons. The maximum atomic E-state index is 12.6. The van der Waals surface area contributed by atoms with E-state index in [9.17, 15) is 18.0 Å². The maximum Gasteiger partial charge on any atom is 0.433 e. The van der Waals surface area contributed by atoms with Crippen LogP contribution < -0.4 is 5.32 Å². The van der Waals surface area contributed by atoms with Crippen LogP contribution in [0, 0.1) is 6.92 Å². The highest BCUT2D eigenvalue weighted by atomic mass is 19.4. The molecule has 0 spiro atoms. The number of pyridine rings is 1. The van der Waals surface area contributed by atoms with Gasteiger partial charge in [0.15, 0.2) is 5.82 Å². The van der Waals surface area contributed by atoms with E-state index in [1.54, 1.807) is 11.6 Å². The summed E-state index contributed by atoms with van der Waals surface area (Å²) in [5, 5.41) is 14.1. The zero-order valence-electron chi connectivity index (χ0n) is 13.0. The number of hydrogen-bond donors (Lipinski definition) is 1. The van der Waals surface area contributed by atoms with Crippen molar-refractivity contribution in [3.63, 3.8) is 0 Å². The number of carbonyl (C=O) groups excluding carboxylic acids is 1. The lowest BCUT2D eigenvalue weighted by Crippen LogP contribution is -2.29. The van der Waals surface area contributed by atoms with Crippen molar-refractivity contribution in [2.45, 2.75) is 44.9 Å². The van der Waals surface area contributed by atoms with E-state index in [2.05, 4.69) is 25.8 Å². The van der Waals surface area contributed by atoms with Gasteiger partial charge in [-0.25, -0.2) is 9.67 Å². The molecule has 0 unspecified atom stereocenters. The first kappa shape index (κ1) is 16.3. The van der Waals surface area contributed by atoms with Crippen molar-refractivity contribution in [1.82, 2.24) is 30.5 Å². The van der Waals surface area contributed by atoms with Gasteiger partial charge in [0.2, 0.25) is 0 Å². The van der Waals surface area contributed by atoms with E-state index in [0.717, 1.165) is 25.0 Å². The van der Waals surface area contributed by atoms with Crippen LogP contribution >= 0.6 is 0 Å². The zero-order chi connectivity index (χ0) is 17.5. The summed E-state index contributed by atoms with van der Waals surface area (Å²) in [5.74, 6) is -0.00468. The molecule has 0 bridgehead atoms. The minimum atomic E-state index is -4.54. The summed E-state index contributed by atoms with van der Waals surface area (Å²) in [6.45, 7) is 3.08. The highest BCUT2D eigenvalue weighted by molar-refractivity contribution is 5.95. The molecule has 1 aliphatic carbocycles. The Labute approximate surface area is 135 Å². The fraction of sp³-hybridized carbons (Fsp3) is 0.500. The van der Waals surface area contributed by atoms with Gasteiger partial charge in [-0.2, -0.15) is 13.2 Å². The molecule has 3 rings (SSSR count). The largest absolute Gasteiger partial charge is 0.433 e. The normalized spacial score (nSPS) is 16.0. The Morgan fingerprint density at radius 2 is 2.08 bits per heavy atom. The Hall–Kier alpha value is -2.52. The molecule has 0 saturated heterocycles. The lowest BCUT2D eigenvalue weighted by Gasteiger charge is -2.15. The van der Waals surface area contributed by atoms with Gasteiger partial charge in [-0.3, -0.25) is 4.79 Å². The van der Waals surface area contributed by atoms with Crippen molar-refractivity contribution in [2.75, 3.05) is 0 Å². The molecule has 1 amide bonds. The Bertz CT molecular complexity index is 768. The number of carbonyl (C=O) groups is 1. The molecule has 24 heavy (non-hydrogen) atoms. The average Bonchev–Trinajstić information content (AvgIpc) is 3.22. The smallest absolute Gasteiger partial charge is 0.342 e. The minimum absolute atomic E-state index is 0.0105. The molecule has 2 aromatic rings. The van der Waals surface area contributed by atoms with Crippen LogP contribution in [0.15, 0.2) is 12.1 Å². The first-order valence-corrected chi connectivity index (χ1v) is 7.41. The van der Waals surface area contributed by atoms with Crippen molar-refractivity contribution in [3.05, 3.63) is 34.9 Å². The van der Waals surface area contributed by atoms with E-state index < -0.39 is 23.8 Å². The van der Waals surface area contributed by atoms with Gasteiger partial charge in [-0.1, -0.05) is 0 Å². The number of nitrogens with zero attached hydrogens (tertiary/aromatic N) is 5. The monoisotopic (exact) mass is 340 g/mol. The second-order valence-electron chi connectivity index (χ2n) is 5.74. The lowest BCUT2D eigenvalue weighted by atomic mass is 10.1. The van der Waals surface area contributed by atoms with E-state index in [-0.39, 0.29) is 17.3 Å². The standard InChI is InChI=1S/C14H15F3N6O/c1-7-10(5-6-11(18-7)14(15,16)17)13(24)19-8(2)12-20-21-22-23(12)9-3-4-9/h5-6,8-9H,3-4H2,1-2H3,(H,19,24)/t8-/m0/s1. The Kier molecular flexibility index (Phi) is 3.98. The predicted octanol–water partition coefficient (Wildman–Crippen LogP) is 2.22. The molecule has 10 heteroatoms. The molecule has 1 N–H and O–H groups in total. The quantitative estimate of drug-likeness (QED) is 0.922. The fourth-order valence-corrected chi connectivity index (χ4v) is 2.36. The van der Waals surface area contributed by atoms with Crippen LogP contribution in [0.4, 0.5) is 13.2 Å². The summed E-state index contributed by atoms with van der Waals surface area (Å²) >= 11 is 0. The van der Waals surface area contributed by atoms with Crippen LogP contribution in [0.1, 0.15) is 59.4 Å².